The molecule has 0 saturated heterocycles. The predicted molar refractivity (Wildman–Crippen MR) is 65.4 cm³/mol. The fraction of sp³-hybridized carbons (Fsp3) is 0.300. The summed E-state index contributed by atoms with van der Waals surface area (Å²) in [4.78, 5) is 7.82. The van der Waals surface area contributed by atoms with Crippen LogP contribution in [0.5, 0.6) is 0 Å². The number of aryl methyl sites for hydroxylation is 1. The lowest BCUT2D eigenvalue weighted by molar-refractivity contribution is -0.137. The van der Waals surface area contributed by atoms with Crippen LogP contribution in [0.3, 0.4) is 0 Å². The second kappa shape index (κ2) is 5.33. The summed E-state index contributed by atoms with van der Waals surface area (Å²) >= 11 is 0. The van der Waals surface area contributed by atoms with Crippen LogP contribution in [0.25, 0.3) is 0 Å². The van der Waals surface area contributed by atoms with E-state index in [1.54, 1.807) is 7.05 Å². The zero-order valence-corrected chi connectivity index (χ0v) is 10.4. The molecular formula is C10H12F3N7. The minimum atomic E-state index is -4.48. The van der Waals surface area contributed by atoms with E-state index < -0.39 is 11.7 Å². The van der Waals surface area contributed by atoms with Gasteiger partial charge in [0.25, 0.3) is 0 Å². The third kappa shape index (κ3) is 3.35. The van der Waals surface area contributed by atoms with Crippen molar-refractivity contribution in [3.05, 3.63) is 29.8 Å². The Morgan fingerprint density at radius 1 is 1.30 bits per heavy atom. The van der Waals surface area contributed by atoms with Crippen LogP contribution in [-0.2, 0) is 19.8 Å². The van der Waals surface area contributed by atoms with E-state index in [4.69, 9.17) is 5.84 Å². The number of anilines is 2. The van der Waals surface area contributed by atoms with Crippen LogP contribution in [0.15, 0.2) is 18.5 Å². The summed E-state index contributed by atoms with van der Waals surface area (Å²) in [5.41, 5.74) is 1.25. The number of hydrogen-bond donors (Lipinski definition) is 3. The van der Waals surface area contributed by atoms with Crippen molar-refractivity contribution < 1.29 is 13.2 Å². The molecule has 0 unspecified atom stereocenters. The number of rotatable bonds is 4. The van der Waals surface area contributed by atoms with E-state index in [2.05, 4.69) is 25.8 Å². The molecule has 2 heterocycles. The topological polar surface area (TPSA) is 93.7 Å². The van der Waals surface area contributed by atoms with Gasteiger partial charge in [-0.2, -0.15) is 18.3 Å². The number of pyridine rings is 1. The molecule has 0 fully saturated rings. The van der Waals surface area contributed by atoms with E-state index in [9.17, 15) is 13.2 Å². The average Bonchev–Trinajstić information content (AvgIpc) is 2.81. The van der Waals surface area contributed by atoms with Crippen LogP contribution >= 0.6 is 0 Å². The van der Waals surface area contributed by atoms with Crippen LogP contribution in [0.2, 0.25) is 0 Å². The van der Waals surface area contributed by atoms with Crippen LogP contribution in [0.4, 0.5) is 24.8 Å². The summed E-state index contributed by atoms with van der Waals surface area (Å²) in [5, 5.41) is 6.71. The minimum Gasteiger partial charge on any atom is -0.363 e. The molecule has 0 aliphatic rings. The highest BCUT2D eigenvalue weighted by Crippen LogP contribution is 2.31. The molecular weight excluding hydrogens is 275 g/mol. The van der Waals surface area contributed by atoms with Gasteiger partial charge in [-0.3, -0.25) is 4.68 Å². The highest BCUT2D eigenvalue weighted by molar-refractivity contribution is 5.49. The number of hydrogen-bond acceptors (Lipinski definition) is 6. The molecule has 4 N–H and O–H groups in total. The molecule has 0 atom stereocenters. The van der Waals surface area contributed by atoms with Crippen molar-refractivity contribution in [3.8, 4) is 0 Å². The Morgan fingerprint density at radius 2 is 2.00 bits per heavy atom. The van der Waals surface area contributed by atoms with E-state index in [-0.39, 0.29) is 18.2 Å². The first-order chi connectivity index (χ1) is 9.38. The Bertz CT molecular complexity index is 593. The van der Waals surface area contributed by atoms with Gasteiger partial charge in [0.1, 0.15) is 18.0 Å². The Kier molecular flexibility index (Phi) is 3.74. The maximum Gasteiger partial charge on any atom is 0.416 e. The van der Waals surface area contributed by atoms with Gasteiger partial charge in [-0.1, -0.05) is 0 Å². The van der Waals surface area contributed by atoms with Crippen molar-refractivity contribution in [1.82, 2.24) is 19.7 Å². The Hall–Kier alpha value is -2.36. The first kappa shape index (κ1) is 14.1. The number of hydrazine groups is 1. The molecule has 2 aromatic heterocycles. The number of nitrogens with two attached hydrogens (primary N) is 1. The largest absolute Gasteiger partial charge is 0.416 e. The van der Waals surface area contributed by atoms with Gasteiger partial charge in [-0.05, 0) is 12.1 Å². The number of halogens is 3. The first-order valence-corrected chi connectivity index (χ1v) is 5.53. The Labute approximate surface area is 112 Å². The molecule has 0 radical (unpaired) electrons. The lowest BCUT2D eigenvalue weighted by atomic mass is 10.2. The van der Waals surface area contributed by atoms with Crippen LogP contribution in [0.1, 0.15) is 11.4 Å². The molecule has 0 bridgehead atoms. The van der Waals surface area contributed by atoms with Crippen molar-refractivity contribution >= 4 is 11.6 Å². The van der Waals surface area contributed by atoms with E-state index in [1.807, 2.05) is 0 Å². The molecule has 0 aliphatic heterocycles. The van der Waals surface area contributed by atoms with Crippen molar-refractivity contribution in [1.29, 1.82) is 0 Å². The molecule has 0 aliphatic carbocycles. The van der Waals surface area contributed by atoms with Gasteiger partial charge >= 0.3 is 6.18 Å². The summed E-state index contributed by atoms with van der Waals surface area (Å²) in [6.45, 7) is 0.152. The normalized spacial score (nSPS) is 11.4. The Morgan fingerprint density at radius 3 is 2.55 bits per heavy atom. The monoisotopic (exact) mass is 287 g/mol. The van der Waals surface area contributed by atoms with Gasteiger partial charge in [0.05, 0.1) is 12.1 Å². The predicted octanol–water partition coefficient (Wildman–Crippen LogP) is 1.13. The lowest BCUT2D eigenvalue weighted by Crippen LogP contribution is -2.14. The Balaban J connectivity index is 2.18. The number of nitrogens with zero attached hydrogens (tertiary/aromatic N) is 4. The van der Waals surface area contributed by atoms with Crippen molar-refractivity contribution in [3.63, 3.8) is 0 Å². The molecule has 7 nitrogen and oxygen atoms in total. The van der Waals surface area contributed by atoms with E-state index in [0.29, 0.717) is 5.82 Å². The highest BCUT2D eigenvalue weighted by Gasteiger charge is 2.31. The summed E-state index contributed by atoms with van der Waals surface area (Å²) in [6, 6.07) is 1.72. The zero-order chi connectivity index (χ0) is 14.8. The van der Waals surface area contributed by atoms with E-state index in [0.717, 1.165) is 12.1 Å². The van der Waals surface area contributed by atoms with Crippen molar-refractivity contribution in [2.24, 2.45) is 12.9 Å². The molecule has 10 heteroatoms. The standard InChI is InChI=1S/C10H12F3N7/c1-20-5-16-9(19-20)4-15-7-2-6(10(11,12)13)3-8(17-7)18-14/h2-3,5H,4,14H2,1H3,(H2,15,17,18). The van der Waals surface area contributed by atoms with E-state index >= 15 is 0 Å². The molecule has 0 saturated carbocycles. The number of nitrogen functional groups attached to an aromatic ring is 1. The summed E-state index contributed by atoms with van der Waals surface area (Å²) in [5.74, 6) is 5.49. The highest BCUT2D eigenvalue weighted by atomic mass is 19.4. The number of alkyl halides is 3. The van der Waals surface area contributed by atoms with E-state index in [1.165, 1.54) is 11.0 Å². The average molecular weight is 287 g/mol. The first-order valence-electron chi connectivity index (χ1n) is 5.53. The van der Waals surface area contributed by atoms with Crippen molar-refractivity contribution in [2.45, 2.75) is 12.7 Å². The lowest BCUT2D eigenvalue weighted by Gasteiger charge is -2.11. The zero-order valence-electron chi connectivity index (χ0n) is 10.4. The summed E-state index contributed by atoms with van der Waals surface area (Å²) < 4.78 is 39.6. The second-order valence-electron chi connectivity index (χ2n) is 3.96. The van der Waals surface area contributed by atoms with Crippen LogP contribution in [-0.4, -0.2) is 19.7 Å². The molecule has 0 spiro atoms. The molecule has 20 heavy (non-hydrogen) atoms. The number of aromatic nitrogens is 4. The molecule has 108 valence electrons. The fourth-order valence-electron chi connectivity index (χ4n) is 1.49. The van der Waals surface area contributed by atoms with Crippen molar-refractivity contribution in [2.75, 3.05) is 10.7 Å². The molecule has 0 amide bonds. The van der Waals surface area contributed by atoms with Gasteiger partial charge < -0.3 is 10.7 Å². The quantitative estimate of drug-likeness (QED) is 0.576. The maximum absolute atomic E-state index is 12.7. The summed E-state index contributed by atoms with van der Waals surface area (Å²) in [6.07, 6.45) is -2.99. The molecule has 2 rings (SSSR count). The van der Waals surface area contributed by atoms with Gasteiger partial charge in [0, 0.05) is 7.05 Å². The maximum atomic E-state index is 12.7. The third-order valence-corrected chi connectivity index (χ3v) is 2.38. The third-order valence-electron chi connectivity index (χ3n) is 2.38. The second-order valence-corrected chi connectivity index (χ2v) is 3.96. The molecule has 2 aromatic rings. The minimum absolute atomic E-state index is 0.0280. The number of nitrogens with one attached hydrogen (secondary N) is 2. The van der Waals surface area contributed by atoms with Gasteiger partial charge in [-0.25, -0.2) is 15.8 Å². The molecule has 0 aromatic carbocycles. The smallest absolute Gasteiger partial charge is 0.363 e. The van der Waals surface area contributed by atoms with Crippen LogP contribution < -0.4 is 16.6 Å². The van der Waals surface area contributed by atoms with Gasteiger partial charge in [0.15, 0.2) is 5.82 Å². The summed E-state index contributed by atoms with van der Waals surface area (Å²) in [7, 11) is 1.69. The van der Waals surface area contributed by atoms with Gasteiger partial charge in [-0.15, -0.1) is 0 Å². The van der Waals surface area contributed by atoms with Crippen LogP contribution in [0, 0.1) is 0 Å². The fourth-order valence-corrected chi connectivity index (χ4v) is 1.49. The SMILES string of the molecule is Cn1cnc(CNc2cc(C(F)(F)F)cc(NN)n2)n1. The van der Waals surface area contributed by atoms with Gasteiger partial charge in [0.2, 0.25) is 0 Å².